The Morgan fingerprint density at radius 2 is 1.94 bits per heavy atom. The molecule has 0 aromatic heterocycles. The van der Waals surface area contributed by atoms with Crippen molar-refractivity contribution >= 4 is 15.9 Å². The van der Waals surface area contributed by atoms with Gasteiger partial charge in [0.05, 0.1) is 4.47 Å². The Balaban J connectivity index is 2.11. The summed E-state index contributed by atoms with van der Waals surface area (Å²) in [5.74, 6) is -0.198. The van der Waals surface area contributed by atoms with Crippen LogP contribution in [0.15, 0.2) is 16.6 Å². The van der Waals surface area contributed by atoms with Crippen molar-refractivity contribution in [1.82, 2.24) is 4.90 Å². The summed E-state index contributed by atoms with van der Waals surface area (Å²) in [5.41, 5.74) is 0.175. The summed E-state index contributed by atoms with van der Waals surface area (Å²) >= 11 is 3.09. The molecule has 2 rings (SSSR count). The van der Waals surface area contributed by atoms with Gasteiger partial charge in [0.1, 0.15) is 11.6 Å². The fraction of sp³-hybridized carbons (Fsp3) is 0.538. The van der Waals surface area contributed by atoms with Crippen LogP contribution in [0.4, 0.5) is 8.78 Å². The van der Waals surface area contributed by atoms with Crippen LogP contribution in [0.1, 0.15) is 25.3 Å². The summed E-state index contributed by atoms with van der Waals surface area (Å²) in [6.45, 7) is 4.43. The Bertz CT molecular complexity index is 401. The lowest BCUT2D eigenvalue weighted by Gasteiger charge is -2.30. The lowest BCUT2D eigenvalue weighted by Crippen LogP contribution is -2.33. The van der Waals surface area contributed by atoms with Crippen molar-refractivity contribution in [2.75, 3.05) is 13.1 Å². The van der Waals surface area contributed by atoms with E-state index in [1.807, 2.05) is 0 Å². The van der Waals surface area contributed by atoms with E-state index in [-0.39, 0.29) is 5.56 Å². The number of benzene rings is 1. The van der Waals surface area contributed by atoms with Crippen LogP contribution in [0.25, 0.3) is 0 Å². The van der Waals surface area contributed by atoms with Crippen LogP contribution in [0.2, 0.25) is 0 Å². The van der Waals surface area contributed by atoms with Gasteiger partial charge in [0, 0.05) is 12.1 Å². The average molecular weight is 304 g/mol. The second-order valence-corrected chi connectivity index (χ2v) is 5.63. The molecule has 1 heterocycles. The smallest absolute Gasteiger partial charge is 0.144 e. The lowest BCUT2D eigenvalue weighted by atomic mass is 9.99. The minimum atomic E-state index is -0.469. The van der Waals surface area contributed by atoms with Crippen molar-refractivity contribution in [3.63, 3.8) is 0 Å². The predicted octanol–water partition coefficient (Wildman–Crippen LogP) is 3.96. The molecule has 1 aromatic rings. The van der Waals surface area contributed by atoms with Crippen molar-refractivity contribution in [3.05, 3.63) is 33.8 Å². The Hall–Kier alpha value is -0.480. The average Bonchev–Trinajstić information content (AvgIpc) is 2.32. The largest absolute Gasteiger partial charge is 0.299 e. The van der Waals surface area contributed by atoms with Gasteiger partial charge in [0.25, 0.3) is 0 Å². The van der Waals surface area contributed by atoms with E-state index >= 15 is 0 Å². The van der Waals surface area contributed by atoms with Crippen LogP contribution < -0.4 is 0 Å². The minimum absolute atomic E-state index is 0.175. The first-order chi connectivity index (χ1) is 8.08. The second kappa shape index (κ2) is 5.44. The predicted molar refractivity (Wildman–Crippen MR) is 67.7 cm³/mol. The number of nitrogens with zero attached hydrogens (tertiary/aromatic N) is 1. The normalized spacial score (nSPS) is 18.6. The van der Waals surface area contributed by atoms with Crippen molar-refractivity contribution in [1.29, 1.82) is 0 Å². The summed E-state index contributed by atoms with van der Waals surface area (Å²) in [6.07, 6.45) is 2.22. The highest BCUT2D eigenvalue weighted by molar-refractivity contribution is 9.10. The van der Waals surface area contributed by atoms with Crippen LogP contribution in [-0.2, 0) is 6.54 Å². The van der Waals surface area contributed by atoms with E-state index in [1.165, 1.54) is 12.1 Å². The molecule has 4 heteroatoms. The number of rotatable bonds is 2. The lowest BCUT2D eigenvalue weighted by molar-refractivity contribution is 0.181. The van der Waals surface area contributed by atoms with Gasteiger partial charge in [-0.05, 0) is 59.9 Å². The molecule has 0 amide bonds. The number of hydrogen-bond acceptors (Lipinski definition) is 1. The third-order valence-electron chi connectivity index (χ3n) is 3.40. The molecule has 1 fully saturated rings. The van der Waals surface area contributed by atoms with E-state index < -0.39 is 11.6 Å². The van der Waals surface area contributed by atoms with Crippen LogP contribution in [-0.4, -0.2) is 18.0 Å². The van der Waals surface area contributed by atoms with Crippen LogP contribution >= 0.6 is 15.9 Å². The molecule has 1 nitrogen and oxygen atoms in total. The Morgan fingerprint density at radius 3 is 2.59 bits per heavy atom. The van der Waals surface area contributed by atoms with Crippen LogP contribution in [0.5, 0.6) is 0 Å². The summed E-state index contributed by atoms with van der Waals surface area (Å²) in [5, 5.41) is 0. The van der Waals surface area contributed by atoms with Gasteiger partial charge in [-0.1, -0.05) is 6.92 Å². The van der Waals surface area contributed by atoms with Gasteiger partial charge in [-0.15, -0.1) is 0 Å². The van der Waals surface area contributed by atoms with Gasteiger partial charge in [0.15, 0.2) is 0 Å². The molecule has 0 aliphatic carbocycles. The summed E-state index contributed by atoms with van der Waals surface area (Å²) in [7, 11) is 0. The highest BCUT2D eigenvalue weighted by atomic mass is 79.9. The van der Waals surface area contributed by atoms with E-state index in [0.29, 0.717) is 11.0 Å². The topological polar surface area (TPSA) is 3.24 Å². The maximum absolute atomic E-state index is 13.8. The molecule has 0 spiro atoms. The molecule has 17 heavy (non-hydrogen) atoms. The third-order valence-corrected chi connectivity index (χ3v) is 4.01. The molecular weight excluding hydrogens is 288 g/mol. The summed E-state index contributed by atoms with van der Waals surface area (Å²) in [4.78, 5) is 2.12. The second-order valence-electron chi connectivity index (χ2n) is 4.78. The first kappa shape index (κ1) is 13.0. The Morgan fingerprint density at radius 1 is 1.29 bits per heavy atom. The van der Waals surface area contributed by atoms with Crippen molar-refractivity contribution in [2.45, 2.75) is 26.3 Å². The van der Waals surface area contributed by atoms with Gasteiger partial charge >= 0.3 is 0 Å². The first-order valence-electron chi connectivity index (χ1n) is 5.92. The maximum Gasteiger partial charge on any atom is 0.144 e. The highest BCUT2D eigenvalue weighted by Crippen LogP contribution is 2.25. The molecule has 0 atom stereocenters. The Kier molecular flexibility index (Phi) is 4.15. The Labute approximate surface area is 109 Å². The molecule has 1 aliphatic heterocycles. The van der Waals surface area contributed by atoms with Crippen LogP contribution in [0.3, 0.4) is 0 Å². The fourth-order valence-electron chi connectivity index (χ4n) is 2.16. The quantitative estimate of drug-likeness (QED) is 0.748. The molecule has 1 aliphatic rings. The van der Waals surface area contributed by atoms with Gasteiger partial charge < -0.3 is 0 Å². The molecule has 1 aromatic carbocycles. The van der Waals surface area contributed by atoms with Gasteiger partial charge in [-0.3, -0.25) is 4.90 Å². The number of likely N-dealkylation sites (tertiary alicyclic amines) is 1. The molecular formula is C13H16BrF2N. The zero-order valence-electron chi connectivity index (χ0n) is 9.85. The zero-order valence-corrected chi connectivity index (χ0v) is 11.4. The van der Waals surface area contributed by atoms with E-state index in [9.17, 15) is 8.78 Å². The molecule has 0 radical (unpaired) electrons. The standard InChI is InChI=1S/C13H16BrF2N/c1-9-4-6-17(7-5-9)8-10-12(15)3-2-11(14)13(10)16/h2-3,9H,4-8H2,1H3. The summed E-state index contributed by atoms with van der Waals surface area (Å²) < 4.78 is 27.7. The molecule has 94 valence electrons. The van der Waals surface area contributed by atoms with Gasteiger partial charge in [0.2, 0.25) is 0 Å². The van der Waals surface area contributed by atoms with Crippen molar-refractivity contribution in [3.8, 4) is 0 Å². The fourth-order valence-corrected chi connectivity index (χ4v) is 2.53. The van der Waals surface area contributed by atoms with E-state index in [4.69, 9.17) is 0 Å². The number of hydrogen-bond donors (Lipinski definition) is 0. The summed E-state index contributed by atoms with van der Waals surface area (Å²) in [6, 6.07) is 2.72. The minimum Gasteiger partial charge on any atom is -0.299 e. The van der Waals surface area contributed by atoms with Crippen LogP contribution in [0, 0.1) is 17.6 Å². The molecule has 1 saturated heterocycles. The third kappa shape index (κ3) is 3.05. The molecule has 0 bridgehead atoms. The van der Waals surface area contributed by atoms with Crippen molar-refractivity contribution < 1.29 is 8.78 Å². The molecule has 0 saturated carbocycles. The highest BCUT2D eigenvalue weighted by Gasteiger charge is 2.19. The van der Waals surface area contributed by atoms with E-state index in [2.05, 4.69) is 27.8 Å². The number of piperidine rings is 1. The maximum atomic E-state index is 13.8. The van der Waals surface area contributed by atoms with Gasteiger partial charge in [-0.25, -0.2) is 8.78 Å². The van der Waals surface area contributed by atoms with Crippen molar-refractivity contribution in [2.24, 2.45) is 5.92 Å². The van der Waals surface area contributed by atoms with E-state index in [1.54, 1.807) is 0 Å². The SMILES string of the molecule is CC1CCN(Cc2c(F)ccc(Br)c2F)CC1. The monoisotopic (exact) mass is 303 g/mol. The molecule has 0 N–H and O–H groups in total. The first-order valence-corrected chi connectivity index (χ1v) is 6.72. The van der Waals surface area contributed by atoms with E-state index in [0.717, 1.165) is 31.8 Å². The van der Waals surface area contributed by atoms with Gasteiger partial charge in [-0.2, -0.15) is 0 Å². The molecule has 0 unspecified atom stereocenters. The zero-order chi connectivity index (χ0) is 12.4. The number of halogens is 3.